The number of carbonyl (C=O) groups excluding carboxylic acids is 1. The first-order valence-electron chi connectivity index (χ1n) is 6.35. The Bertz CT molecular complexity index is 447. The molecule has 0 aromatic heterocycles. The average Bonchev–Trinajstić information content (AvgIpc) is 2.35. The van der Waals surface area contributed by atoms with Crippen LogP contribution in [-0.4, -0.2) is 25.0 Å². The van der Waals surface area contributed by atoms with Crippen molar-refractivity contribution in [3.05, 3.63) is 35.1 Å². The van der Waals surface area contributed by atoms with Crippen molar-refractivity contribution in [2.75, 3.05) is 13.1 Å². The number of halogens is 1. The van der Waals surface area contributed by atoms with E-state index in [1.807, 2.05) is 0 Å². The zero-order valence-electron chi connectivity index (χ0n) is 10.8. The maximum absolute atomic E-state index is 13.4. The lowest BCUT2D eigenvalue weighted by Crippen LogP contribution is -2.48. The number of nitrogens with one attached hydrogen (secondary N) is 2. The second-order valence-corrected chi connectivity index (χ2v) is 5.01. The number of rotatable bonds is 2. The largest absolute Gasteiger partial charge is 0.349 e. The van der Waals surface area contributed by atoms with Crippen molar-refractivity contribution >= 4 is 5.91 Å². The Kier molecular flexibility index (Phi) is 3.97. The molecule has 1 aromatic carbocycles. The molecule has 0 radical (unpaired) electrons. The van der Waals surface area contributed by atoms with E-state index < -0.39 is 0 Å². The van der Waals surface area contributed by atoms with Crippen LogP contribution in [0.5, 0.6) is 0 Å². The highest BCUT2D eigenvalue weighted by atomic mass is 19.1. The van der Waals surface area contributed by atoms with Gasteiger partial charge in [0.15, 0.2) is 0 Å². The van der Waals surface area contributed by atoms with Crippen LogP contribution in [0, 0.1) is 18.7 Å². The number of amides is 1. The van der Waals surface area contributed by atoms with Crippen LogP contribution in [0.4, 0.5) is 4.39 Å². The molecule has 0 spiro atoms. The number of hydrogen-bond donors (Lipinski definition) is 2. The van der Waals surface area contributed by atoms with Crippen molar-refractivity contribution in [3.8, 4) is 0 Å². The number of aryl methyl sites for hydroxylation is 1. The van der Waals surface area contributed by atoms with E-state index in [1.165, 1.54) is 6.07 Å². The molecule has 1 amide bonds. The second-order valence-electron chi connectivity index (χ2n) is 5.01. The Morgan fingerprint density at radius 1 is 1.50 bits per heavy atom. The van der Waals surface area contributed by atoms with Gasteiger partial charge in [0.05, 0.1) is 0 Å². The minimum absolute atomic E-state index is 0.170. The number of carbonyl (C=O) groups is 1. The van der Waals surface area contributed by atoms with E-state index in [-0.39, 0.29) is 17.8 Å². The van der Waals surface area contributed by atoms with Crippen LogP contribution in [0.1, 0.15) is 29.3 Å². The molecule has 1 fully saturated rings. The monoisotopic (exact) mass is 250 g/mol. The zero-order chi connectivity index (χ0) is 13.1. The minimum Gasteiger partial charge on any atom is -0.349 e. The fraction of sp³-hybridized carbons (Fsp3) is 0.500. The van der Waals surface area contributed by atoms with Crippen LogP contribution in [0.15, 0.2) is 18.2 Å². The van der Waals surface area contributed by atoms with Crippen molar-refractivity contribution in [3.63, 3.8) is 0 Å². The summed E-state index contributed by atoms with van der Waals surface area (Å²) in [6.07, 6.45) is 0.918. The third-order valence-corrected chi connectivity index (χ3v) is 3.54. The summed E-state index contributed by atoms with van der Waals surface area (Å²) in [6.45, 7) is 5.61. The number of hydrogen-bond acceptors (Lipinski definition) is 2. The molecule has 4 heteroatoms. The van der Waals surface area contributed by atoms with E-state index >= 15 is 0 Å². The van der Waals surface area contributed by atoms with Crippen LogP contribution in [0.25, 0.3) is 0 Å². The summed E-state index contributed by atoms with van der Waals surface area (Å²) in [6, 6.07) is 4.77. The molecule has 0 bridgehead atoms. The average molecular weight is 250 g/mol. The van der Waals surface area contributed by atoms with Crippen molar-refractivity contribution in [1.82, 2.24) is 10.6 Å². The molecule has 1 aliphatic heterocycles. The van der Waals surface area contributed by atoms with Gasteiger partial charge in [0.25, 0.3) is 5.91 Å². The predicted molar refractivity (Wildman–Crippen MR) is 69.0 cm³/mol. The molecular formula is C14H19FN2O. The van der Waals surface area contributed by atoms with E-state index in [0.29, 0.717) is 17.0 Å². The Morgan fingerprint density at radius 2 is 2.28 bits per heavy atom. The maximum Gasteiger partial charge on any atom is 0.251 e. The molecule has 0 aliphatic carbocycles. The van der Waals surface area contributed by atoms with Crippen molar-refractivity contribution < 1.29 is 9.18 Å². The van der Waals surface area contributed by atoms with Crippen LogP contribution < -0.4 is 10.6 Å². The molecule has 2 N–H and O–H groups in total. The van der Waals surface area contributed by atoms with Gasteiger partial charge >= 0.3 is 0 Å². The lowest BCUT2D eigenvalue weighted by molar-refractivity contribution is 0.0913. The zero-order valence-corrected chi connectivity index (χ0v) is 10.8. The van der Waals surface area contributed by atoms with Gasteiger partial charge in [-0.2, -0.15) is 0 Å². The van der Waals surface area contributed by atoms with Gasteiger partial charge < -0.3 is 10.6 Å². The first kappa shape index (κ1) is 13.0. The highest BCUT2D eigenvalue weighted by molar-refractivity contribution is 5.94. The van der Waals surface area contributed by atoms with Crippen LogP contribution in [0.3, 0.4) is 0 Å². The molecule has 18 heavy (non-hydrogen) atoms. The van der Waals surface area contributed by atoms with Gasteiger partial charge in [-0.05, 0) is 50.0 Å². The first-order chi connectivity index (χ1) is 8.58. The summed E-state index contributed by atoms with van der Waals surface area (Å²) in [5.41, 5.74) is 0.950. The SMILES string of the molecule is Cc1ccc(C(=O)N[C@@H]2CCNC[C@H]2C)cc1F. The molecular weight excluding hydrogens is 231 g/mol. The summed E-state index contributed by atoms with van der Waals surface area (Å²) < 4.78 is 13.4. The normalized spacial score (nSPS) is 23.7. The molecule has 1 heterocycles. The fourth-order valence-electron chi connectivity index (χ4n) is 2.21. The molecule has 1 aromatic rings. The van der Waals surface area contributed by atoms with Gasteiger partial charge in [-0.25, -0.2) is 4.39 Å². The Hall–Kier alpha value is -1.42. The van der Waals surface area contributed by atoms with Gasteiger partial charge in [-0.3, -0.25) is 4.79 Å². The summed E-state index contributed by atoms with van der Waals surface area (Å²) in [7, 11) is 0. The topological polar surface area (TPSA) is 41.1 Å². The molecule has 1 aliphatic rings. The summed E-state index contributed by atoms with van der Waals surface area (Å²) >= 11 is 0. The highest BCUT2D eigenvalue weighted by Crippen LogP contribution is 2.13. The highest BCUT2D eigenvalue weighted by Gasteiger charge is 2.23. The summed E-state index contributed by atoms with van der Waals surface area (Å²) in [4.78, 5) is 12.0. The Balaban J connectivity index is 2.04. The molecule has 0 saturated carbocycles. The molecule has 2 atom stereocenters. The second kappa shape index (κ2) is 5.48. The van der Waals surface area contributed by atoms with E-state index in [1.54, 1.807) is 19.1 Å². The summed E-state index contributed by atoms with van der Waals surface area (Å²) in [5, 5.41) is 6.27. The van der Waals surface area contributed by atoms with Gasteiger partial charge in [0.2, 0.25) is 0 Å². The van der Waals surface area contributed by atoms with Gasteiger partial charge in [0.1, 0.15) is 5.82 Å². The van der Waals surface area contributed by atoms with E-state index in [0.717, 1.165) is 19.5 Å². The van der Waals surface area contributed by atoms with Crippen molar-refractivity contribution in [1.29, 1.82) is 0 Å². The lowest BCUT2D eigenvalue weighted by atomic mass is 9.95. The van der Waals surface area contributed by atoms with Gasteiger partial charge in [0, 0.05) is 11.6 Å². The molecule has 2 rings (SSSR count). The van der Waals surface area contributed by atoms with Crippen LogP contribution in [-0.2, 0) is 0 Å². The summed E-state index contributed by atoms with van der Waals surface area (Å²) in [5.74, 6) is -0.119. The lowest BCUT2D eigenvalue weighted by Gasteiger charge is -2.30. The van der Waals surface area contributed by atoms with E-state index in [9.17, 15) is 9.18 Å². The molecule has 3 nitrogen and oxygen atoms in total. The van der Waals surface area contributed by atoms with Gasteiger partial charge in [-0.15, -0.1) is 0 Å². The first-order valence-corrected chi connectivity index (χ1v) is 6.35. The van der Waals surface area contributed by atoms with Crippen molar-refractivity contribution in [2.24, 2.45) is 5.92 Å². The van der Waals surface area contributed by atoms with Gasteiger partial charge in [-0.1, -0.05) is 13.0 Å². The molecule has 1 saturated heterocycles. The number of piperidine rings is 1. The van der Waals surface area contributed by atoms with Crippen LogP contribution in [0.2, 0.25) is 0 Å². The van der Waals surface area contributed by atoms with Crippen molar-refractivity contribution in [2.45, 2.75) is 26.3 Å². The quantitative estimate of drug-likeness (QED) is 0.841. The predicted octanol–water partition coefficient (Wildman–Crippen LogP) is 1.86. The van der Waals surface area contributed by atoms with E-state index in [4.69, 9.17) is 0 Å². The van der Waals surface area contributed by atoms with Crippen LogP contribution >= 0.6 is 0 Å². The third kappa shape index (κ3) is 2.88. The molecule has 0 unspecified atom stereocenters. The maximum atomic E-state index is 13.4. The fourth-order valence-corrected chi connectivity index (χ4v) is 2.21. The Labute approximate surface area is 107 Å². The third-order valence-electron chi connectivity index (χ3n) is 3.54. The molecule has 98 valence electrons. The van der Waals surface area contributed by atoms with E-state index in [2.05, 4.69) is 17.6 Å². The smallest absolute Gasteiger partial charge is 0.251 e. The number of benzene rings is 1. The standard InChI is InChI=1S/C14H19FN2O/c1-9-3-4-11(7-12(9)15)14(18)17-13-5-6-16-8-10(13)2/h3-4,7,10,13,16H,5-6,8H2,1-2H3,(H,17,18)/t10-,13-/m1/s1. The minimum atomic E-state index is -0.332. The Morgan fingerprint density at radius 3 is 2.94 bits per heavy atom.